The Morgan fingerprint density at radius 3 is 2.63 bits per heavy atom. The molecule has 0 atom stereocenters. The van der Waals surface area contributed by atoms with Crippen molar-refractivity contribution < 1.29 is 14.3 Å². The number of benzene rings is 3. The number of anilines is 2. The number of halogens is 1. The van der Waals surface area contributed by atoms with Crippen LogP contribution < -0.4 is 15.4 Å². The van der Waals surface area contributed by atoms with Gasteiger partial charge in [0.2, 0.25) is 5.91 Å². The fourth-order valence-electron chi connectivity index (χ4n) is 2.86. The summed E-state index contributed by atoms with van der Waals surface area (Å²) < 4.78 is 5.83. The number of amides is 2. The van der Waals surface area contributed by atoms with Crippen molar-refractivity contribution in [2.75, 3.05) is 10.6 Å². The second kappa shape index (κ2) is 7.13. The van der Waals surface area contributed by atoms with Gasteiger partial charge in [-0.15, -0.1) is 0 Å². The smallest absolute Gasteiger partial charge is 0.259 e. The minimum Gasteiger partial charge on any atom is -0.454 e. The van der Waals surface area contributed by atoms with E-state index in [4.69, 9.17) is 16.3 Å². The molecule has 0 bridgehead atoms. The molecule has 4 rings (SSSR count). The van der Waals surface area contributed by atoms with Gasteiger partial charge in [0.25, 0.3) is 5.91 Å². The number of hydrogen-bond acceptors (Lipinski definition) is 3. The molecule has 0 unspecified atom stereocenters. The summed E-state index contributed by atoms with van der Waals surface area (Å²) in [6.45, 7) is 0. The van der Waals surface area contributed by atoms with Gasteiger partial charge in [-0.1, -0.05) is 41.9 Å². The van der Waals surface area contributed by atoms with E-state index in [0.29, 0.717) is 33.5 Å². The van der Waals surface area contributed by atoms with Crippen molar-refractivity contribution in [3.05, 3.63) is 82.9 Å². The summed E-state index contributed by atoms with van der Waals surface area (Å²) in [5, 5.41) is 6.15. The van der Waals surface area contributed by atoms with Crippen molar-refractivity contribution in [3.8, 4) is 11.5 Å². The Morgan fingerprint density at radius 2 is 1.78 bits per heavy atom. The summed E-state index contributed by atoms with van der Waals surface area (Å²) in [6.07, 6.45) is 0.144. The highest BCUT2D eigenvalue weighted by molar-refractivity contribution is 6.31. The predicted octanol–water partition coefficient (Wildman–Crippen LogP) is 4.88. The lowest BCUT2D eigenvalue weighted by molar-refractivity contribution is -0.115. The monoisotopic (exact) mass is 378 g/mol. The molecule has 0 spiro atoms. The Labute approximate surface area is 160 Å². The number of hydrogen-bond donors (Lipinski definition) is 2. The van der Waals surface area contributed by atoms with E-state index in [1.165, 1.54) is 0 Å². The van der Waals surface area contributed by atoms with Gasteiger partial charge in [-0.2, -0.15) is 0 Å². The molecule has 1 heterocycles. The van der Waals surface area contributed by atoms with Crippen LogP contribution in [0.2, 0.25) is 5.02 Å². The normalized spacial score (nSPS) is 12.1. The second-order valence-corrected chi connectivity index (χ2v) is 6.49. The first-order chi connectivity index (χ1) is 13.1. The average molecular weight is 379 g/mol. The van der Waals surface area contributed by atoms with Crippen molar-refractivity contribution in [1.82, 2.24) is 0 Å². The topological polar surface area (TPSA) is 67.4 Å². The van der Waals surface area contributed by atoms with Crippen molar-refractivity contribution in [3.63, 3.8) is 0 Å². The van der Waals surface area contributed by atoms with E-state index in [1.807, 2.05) is 24.3 Å². The highest BCUT2D eigenvalue weighted by Crippen LogP contribution is 2.36. The third-order valence-electron chi connectivity index (χ3n) is 4.17. The average Bonchev–Trinajstić information content (AvgIpc) is 2.79. The van der Waals surface area contributed by atoms with Crippen molar-refractivity contribution in [2.24, 2.45) is 0 Å². The SMILES string of the molecule is O=C(Cc1ccccc1Cl)Nc1ccc2c(c1)C(=O)Nc1ccccc1O2. The highest BCUT2D eigenvalue weighted by atomic mass is 35.5. The lowest BCUT2D eigenvalue weighted by Gasteiger charge is -2.10. The highest BCUT2D eigenvalue weighted by Gasteiger charge is 2.21. The Morgan fingerprint density at radius 1 is 1.00 bits per heavy atom. The molecular formula is C21H15ClN2O3. The Kier molecular flexibility index (Phi) is 4.52. The van der Waals surface area contributed by atoms with Gasteiger partial charge < -0.3 is 15.4 Å². The van der Waals surface area contributed by atoms with Gasteiger partial charge in [-0.05, 0) is 42.0 Å². The van der Waals surface area contributed by atoms with Crippen LogP contribution in [0.4, 0.5) is 11.4 Å². The van der Waals surface area contributed by atoms with E-state index in [1.54, 1.807) is 42.5 Å². The molecule has 6 heteroatoms. The summed E-state index contributed by atoms with van der Waals surface area (Å²) >= 11 is 6.10. The summed E-state index contributed by atoms with van der Waals surface area (Å²) in [7, 11) is 0. The van der Waals surface area contributed by atoms with E-state index in [2.05, 4.69) is 10.6 Å². The standard InChI is InChI=1S/C21H15ClN2O3/c22-16-6-2-1-5-13(16)11-20(25)23-14-9-10-18-15(12-14)21(26)24-17-7-3-4-8-19(17)27-18/h1-10,12H,11H2,(H,23,25)(H,24,26). The van der Waals surface area contributed by atoms with Gasteiger partial charge in [0.15, 0.2) is 5.75 Å². The number of rotatable bonds is 3. The van der Waals surface area contributed by atoms with Crippen LogP contribution in [0, 0.1) is 0 Å². The molecular weight excluding hydrogens is 364 g/mol. The number of fused-ring (bicyclic) bond motifs is 2. The molecule has 3 aromatic rings. The van der Waals surface area contributed by atoms with Crippen molar-refractivity contribution >= 4 is 34.8 Å². The molecule has 27 heavy (non-hydrogen) atoms. The third-order valence-corrected chi connectivity index (χ3v) is 4.54. The zero-order chi connectivity index (χ0) is 18.8. The maximum Gasteiger partial charge on any atom is 0.259 e. The molecule has 0 aromatic heterocycles. The van der Waals surface area contributed by atoms with Crippen LogP contribution in [0.15, 0.2) is 66.7 Å². The molecule has 0 radical (unpaired) electrons. The Bertz CT molecular complexity index is 1050. The van der Waals surface area contributed by atoms with Gasteiger partial charge in [-0.3, -0.25) is 9.59 Å². The molecule has 1 aliphatic rings. The quantitative estimate of drug-likeness (QED) is 0.682. The zero-order valence-corrected chi connectivity index (χ0v) is 14.9. The van der Waals surface area contributed by atoms with E-state index >= 15 is 0 Å². The number of ether oxygens (including phenoxy) is 1. The number of carbonyl (C=O) groups excluding carboxylic acids is 2. The van der Waals surface area contributed by atoms with E-state index in [-0.39, 0.29) is 18.2 Å². The molecule has 0 aliphatic carbocycles. The Hall–Kier alpha value is -3.31. The van der Waals surface area contributed by atoms with E-state index in [9.17, 15) is 9.59 Å². The summed E-state index contributed by atoms with van der Waals surface area (Å²) in [6, 6.07) is 19.4. The summed E-state index contributed by atoms with van der Waals surface area (Å²) in [5.41, 5.74) is 2.20. The first-order valence-corrected chi connectivity index (χ1v) is 8.73. The molecule has 3 aromatic carbocycles. The van der Waals surface area contributed by atoms with Crippen LogP contribution in [0.5, 0.6) is 11.5 Å². The molecule has 0 saturated heterocycles. The molecule has 1 aliphatic heterocycles. The zero-order valence-electron chi connectivity index (χ0n) is 14.2. The number of nitrogens with one attached hydrogen (secondary N) is 2. The molecule has 2 N–H and O–H groups in total. The first kappa shape index (κ1) is 17.1. The van der Waals surface area contributed by atoms with Crippen LogP contribution in [-0.4, -0.2) is 11.8 Å². The summed E-state index contributed by atoms with van der Waals surface area (Å²) in [4.78, 5) is 24.8. The van der Waals surface area contributed by atoms with Crippen molar-refractivity contribution in [1.29, 1.82) is 0 Å². The van der Waals surface area contributed by atoms with Gasteiger partial charge in [0.1, 0.15) is 5.75 Å². The van der Waals surface area contributed by atoms with Crippen LogP contribution in [0.3, 0.4) is 0 Å². The number of para-hydroxylation sites is 2. The lowest BCUT2D eigenvalue weighted by atomic mass is 10.1. The fraction of sp³-hybridized carbons (Fsp3) is 0.0476. The minimum absolute atomic E-state index is 0.144. The fourth-order valence-corrected chi connectivity index (χ4v) is 3.06. The minimum atomic E-state index is -0.294. The molecule has 134 valence electrons. The molecule has 0 fully saturated rings. The van der Waals surface area contributed by atoms with E-state index in [0.717, 1.165) is 5.56 Å². The van der Waals surface area contributed by atoms with Crippen LogP contribution in [-0.2, 0) is 11.2 Å². The van der Waals surface area contributed by atoms with E-state index < -0.39 is 0 Å². The maximum atomic E-state index is 12.5. The molecule has 2 amide bonds. The molecule has 0 saturated carbocycles. The molecule has 5 nitrogen and oxygen atoms in total. The third kappa shape index (κ3) is 3.64. The lowest BCUT2D eigenvalue weighted by Crippen LogP contribution is -2.16. The van der Waals surface area contributed by atoms with Crippen molar-refractivity contribution in [2.45, 2.75) is 6.42 Å². The van der Waals surface area contributed by atoms with Gasteiger partial charge in [0.05, 0.1) is 17.7 Å². The second-order valence-electron chi connectivity index (χ2n) is 6.08. The van der Waals surface area contributed by atoms with Gasteiger partial charge in [-0.25, -0.2) is 0 Å². The van der Waals surface area contributed by atoms with Crippen LogP contribution >= 0.6 is 11.6 Å². The maximum absolute atomic E-state index is 12.5. The largest absolute Gasteiger partial charge is 0.454 e. The predicted molar refractivity (Wildman–Crippen MR) is 105 cm³/mol. The first-order valence-electron chi connectivity index (χ1n) is 8.36. The Balaban J connectivity index is 1.55. The van der Waals surface area contributed by atoms with Gasteiger partial charge in [0, 0.05) is 10.7 Å². The van der Waals surface area contributed by atoms with Gasteiger partial charge >= 0.3 is 0 Å². The van der Waals surface area contributed by atoms with Crippen LogP contribution in [0.1, 0.15) is 15.9 Å². The van der Waals surface area contributed by atoms with Crippen LogP contribution in [0.25, 0.3) is 0 Å². The number of carbonyl (C=O) groups is 2. The summed E-state index contributed by atoms with van der Waals surface area (Å²) in [5.74, 6) is 0.486.